The zero-order chi connectivity index (χ0) is 16.2. The van der Waals surface area contributed by atoms with Crippen LogP contribution in [0.1, 0.15) is 19.3 Å². The van der Waals surface area contributed by atoms with Crippen molar-refractivity contribution in [2.45, 2.75) is 19.3 Å². The van der Waals surface area contributed by atoms with E-state index in [9.17, 15) is 9.18 Å². The summed E-state index contributed by atoms with van der Waals surface area (Å²) < 4.78 is 13.9. The number of hydrogen-bond acceptors (Lipinski definition) is 4. The second kappa shape index (κ2) is 7.25. The summed E-state index contributed by atoms with van der Waals surface area (Å²) in [5.74, 6) is 0.104. The summed E-state index contributed by atoms with van der Waals surface area (Å²) in [6, 6.07) is 1.71. The third kappa shape index (κ3) is 3.80. The fraction of sp³-hybridized carbons (Fsp3) is 0.647. The van der Waals surface area contributed by atoms with E-state index in [-0.39, 0.29) is 17.6 Å². The Morgan fingerprint density at radius 2 is 2.09 bits per heavy atom. The van der Waals surface area contributed by atoms with Gasteiger partial charge in [-0.3, -0.25) is 9.78 Å². The van der Waals surface area contributed by atoms with Crippen molar-refractivity contribution in [2.24, 2.45) is 5.92 Å². The number of piperidine rings is 1. The van der Waals surface area contributed by atoms with E-state index in [0.717, 1.165) is 45.4 Å². The van der Waals surface area contributed by atoms with Gasteiger partial charge in [0.1, 0.15) is 0 Å². The second-order valence-electron chi connectivity index (χ2n) is 6.59. The predicted molar refractivity (Wildman–Crippen MR) is 87.8 cm³/mol. The Morgan fingerprint density at radius 3 is 2.87 bits per heavy atom. The van der Waals surface area contributed by atoms with Gasteiger partial charge in [0.25, 0.3) is 0 Å². The average molecular weight is 320 g/mol. The van der Waals surface area contributed by atoms with Crippen LogP contribution in [0.2, 0.25) is 0 Å². The summed E-state index contributed by atoms with van der Waals surface area (Å²) in [7, 11) is 2.08. The molecule has 1 unspecified atom stereocenters. The number of hydrogen-bond donors (Lipinski definition) is 0. The molecule has 1 atom stereocenters. The quantitative estimate of drug-likeness (QED) is 0.830. The Kier molecular flexibility index (Phi) is 5.10. The van der Waals surface area contributed by atoms with E-state index < -0.39 is 0 Å². The Morgan fingerprint density at radius 1 is 1.22 bits per heavy atom. The molecule has 126 valence electrons. The van der Waals surface area contributed by atoms with E-state index in [1.54, 1.807) is 12.3 Å². The number of pyridine rings is 1. The number of nitrogens with zero attached hydrogens (tertiary/aromatic N) is 4. The van der Waals surface area contributed by atoms with Crippen molar-refractivity contribution < 1.29 is 9.18 Å². The smallest absolute Gasteiger partial charge is 0.227 e. The van der Waals surface area contributed by atoms with Crippen molar-refractivity contribution in [2.75, 3.05) is 51.2 Å². The number of halogens is 1. The molecule has 0 spiro atoms. The summed E-state index contributed by atoms with van der Waals surface area (Å²) >= 11 is 0. The van der Waals surface area contributed by atoms with Crippen molar-refractivity contribution in [3.8, 4) is 0 Å². The lowest BCUT2D eigenvalue weighted by Gasteiger charge is -2.32. The average Bonchev–Trinajstić information content (AvgIpc) is 2.80. The van der Waals surface area contributed by atoms with Gasteiger partial charge in [-0.25, -0.2) is 4.39 Å². The number of aromatic nitrogens is 1. The minimum absolute atomic E-state index is 0.123. The molecule has 2 fully saturated rings. The second-order valence-corrected chi connectivity index (χ2v) is 6.59. The third-order valence-electron chi connectivity index (χ3n) is 4.87. The van der Waals surface area contributed by atoms with E-state index in [2.05, 4.69) is 16.9 Å². The molecule has 0 radical (unpaired) electrons. The van der Waals surface area contributed by atoms with Crippen LogP contribution in [0.3, 0.4) is 0 Å². The molecule has 1 aromatic heterocycles. The number of amides is 1. The summed E-state index contributed by atoms with van der Waals surface area (Å²) in [6.45, 7) is 4.82. The highest BCUT2D eigenvalue weighted by Crippen LogP contribution is 2.22. The molecule has 3 heterocycles. The maximum absolute atomic E-state index is 13.9. The predicted octanol–water partition coefficient (Wildman–Crippen LogP) is 1.60. The topological polar surface area (TPSA) is 39.7 Å². The zero-order valence-electron chi connectivity index (χ0n) is 13.7. The molecule has 6 heteroatoms. The summed E-state index contributed by atoms with van der Waals surface area (Å²) in [5, 5.41) is 0. The number of anilines is 1. The largest absolute Gasteiger partial charge is 0.367 e. The highest BCUT2D eigenvalue weighted by molar-refractivity contribution is 5.79. The molecule has 3 rings (SSSR count). The molecule has 2 saturated heterocycles. The molecular weight excluding hydrogens is 295 g/mol. The highest BCUT2D eigenvalue weighted by atomic mass is 19.1. The van der Waals surface area contributed by atoms with E-state index >= 15 is 0 Å². The fourth-order valence-electron chi connectivity index (χ4n) is 3.63. The Bertz CT molecular complexity index is 553. The monoisotopic (exact) mass is 320 g/mol. The van der Waals surface area contributed by atoms with Crippen LogP contribution in [-0.4, -0.2) is 67.0 Å². The van der Waals surface area contributed by atoms with Gasteiger partial charge in [0.2, 0.25) is 5.91 Å². The van der Waals surface area contributed by atoms with Crippen molar-refractivity contribution in [3.63, 3.8) is 0 Å². The molecular formula is C17H25FN4O. The summed E-state index contributed by atoms with van der Waals surface area (Å²) in [5.41, 5.74) is 0.590. The van der Waals surface area contributed by atoms with Crippen molar-refractivity contribution in [1.29, 1.82) is 0 Å². The Hall–Kier alpha value is -1.69. The van der Waals surface area contributed by atoms with Gasteiger partial charge in [-0.05, 0) is 38.9 Å². The van der Waals surface area contributed by atoms with Gasteiger partial charge < -0.3 is 14.7 Å². The van der Waals surface area contributed by atoms with Gasteiger partial charge in [-0.1, -0.05) is 0 Å². The lowest BCUT2D eigenvalue weighted by atomic mass is 9.97. The van der Waals surface area contributed by atoms with Crippen LogP contribution < -0.4 is 4.90 Å². The third-order valence-corrected chi connectivity index (χ3v) is 4.87. The normalized spacial score (nSPS) is 23.7. The molecule has 23 heavy (non-hydrogen) atoms. The number of carbonyl (C=O) groups excluding carboxylic acids is 1. The molecule has 2 aliphatic rings. The molecule has 0 N–H and O–H groups in total. The molecule has 1 amide bonds. The molecule has 2 aliphatic heterocycles. The fourth-order valence-corrected chi connectivity index (χ4v) is 3.63. The van der Waals surface area contributed by atoms with Crippen LogP contribution in [-0.2, 0) is 4.79 Å². The van der Waals surface area contributed by atoms with Crippen molar-refractivity contribution >= 4 is 11.6 Å². The van der Waals surface area contributed by atoms with Crippen LogP contribution in [0.25, 0.3) is 0 Å². The van der Waals surface area contributed by atoms with E-state index in [4.69, 9.17) is 0 Å². The van der Waals surface area contributed by atoms with Crippen molar-refractivity contribution in [1.82, 2.24) is 14.8 Å². The number of likely N-dealkylation sites (tertiary alicyclic amines) is 1. The molecule has 1 aromatic rings. The van der Waals surface area contributed by atoms with E-state index in [1.807, 2.05) is 9.80 Å². The minimum Gasteiger partial charge on any atom is -0.367 e. The Labute approximate surface area is 137 Å². The standard InChI is InChI=1S/C17H25FN4O/c1-20-7-2-4-14(13-20)17(23)22-9-3-8-21(10-11-22)16-5-6-19-12-15(16)18/h5-6,12,14H,2-4,7-11,13H2,1H3. The first-order valence-corrected chi connectivity index (χ1v) is 8.47. The first kappa shape index (κ1) is 16.2. The number of carbonyl (C=O) groups is 1. The first-order valence-electron chi connectivity index (χ1n) is 8.47. The maximum Gasteiger partial charge on any atom is 0.227 e. The van der Waals surface area contributed by atoms with Crippen LogP contribution in [0.15, 0.2) is 18.5 Å². The van der Waals surface area contributed by atoms with Gasteiger partial charge in [0, 0.05) is 38.9 Å². The van der Waals surface area contributed by atoms with Crippen molar-refractivity contribution in [3.05, 3.63) is 24.3 Å². The summed E-state index contributed by atoms with van der Waals surface area (Å²) in [4.78, 5) is 22.8. The van der Waals surface area contributed by atoms with E-state index in [0.29, 0.717) is 18.8 Å². The van der Waals surface area contributed by atoms with Gasteiger partial charge in [0.15, 0.2) is 5.82 Å². The SMILES string of the molecule is CN1CCCC(C(=O)N2CCCN(c3ccncc3F)CC2)C1. The van der Waals surface area contributed by atoms with Gasteiger partial charge in [-0.2, -0.15) is 0 Å². The van der Waals surface area contributed by atoms with Gasteiger partial charge in [0.05, 0.1) is 17.8 Å². The van der Waals surface area contributed by atoms with Gasteiger partial charge >= 0.3 is 0 Å². The summed E-state index contributed by atoms with van der Waals surface area (Å²) in [6.07, 6.45) is 5.82. The molecule has 0 bridgehead atoms. The van der Waals surface area contributed by atoms with Gasteiger partial charge in [-0.15, -0.1) is 0 Å². The number of rotatable bonds is 2. The lowest BCUT2D eigenvalue weighted by molar-refractivity contribution is -0.136. The molecule has 5 nitrogen and oxygen atoms in total. The van der Waals surface area contributed by atoms with Crippen LogP contribution in [0.4, 0.5) is 10.1 Å². The first-order chi connectivity index (χ1) is 11.1. The zero-order valence-corrected chi connectivity index (χ0v) is 13.7. The van der Waals surface area contributed by atoms with Crippen LogP contribution in [0, 0.1) is 11.7 Å². The lowest BCUT2D eigenvalue weighted by Crippen LogP contribution is -2.44. The molecule has 0 aliphatic carbocycles. The Balaban J connectivity index is 1.62. The minimum atomic E-state index is -0.291. The molecule has 0 saturated carbocycles. The maximum atomic E-state index is 13.9. The van der Waals surface area contributed by atoms with E-state index in [1.165, 1.54) is 6.20 Å². The highest BCUT2D eigenvalue weighted by Gasteiger charge is 2.29. The molecule has 0 aromatic carbocycles. The van der Waals surface area contributed by atoms with Crippen LogP contribution >= 0.6 is 0 Å². The van der Waals surface area contributed by atoms with Crippen LogP contribution in [0.5, 0.6) is 0 Å².